The zero-order valence-corrected chi connectivity index (χ0v) is 10.5. The maximum absolute atomic E-state index is 12.2. The van der Waals surface area contributed by atoms with Crippen LogP contribution >= 0.6 is 0 Å². The highest BCUT2D eigenvalue weighted by atomic mass is 16.1. The summed E-state index contributed by atoms with van der Waals surface area (Å²) in [7, 11) is 0. The molecule has 1 atom stereocenters. The van der Waals surface area contributed by atoms with Crippen LogP contribution < -0.4 is 0 Å². The van der Waals surface area contributed by atoms with E-state index in [1.807, 2.05) is 13.8 Å². The molecule has 1 saturated heterocycles. The Morgan fingerprint density at radius 1 is 1.53 bits per heavy atom. The maximum Gasteiger partial charge on any atom is 0.183 e. The SMILES string of the molecule is C=C(C(=O)C(C)(C)CC)N1CCCC1C. The summed E-state index contributed by atoms with van der Waals surface area (Å²) >= 11 is 0. The van der Waals surface area contributed by atoms with Crippen molar-refractivity contribution in [2.75, 3.05) is 6.54 Å². The molecule has 1 aliphatic rings. The second-order valence-electron chi connectivity index (χ2n) is 5.20. The Morgan fingerprint density at radius 2 is 2.13 bits per heavy atom. The fraction of sp³-hybridized carbons (Fsp3) is 0.769. The summed E-state index contributed by atoms with van der Waals surface area (Å²) < 4.78 is 0. The van der Waals surface area contributed by atoms with Gasteiger partial charge in [-0.05, 0) is 26.2 Å². The number of nitrogens with zero attached hydrogens (tertiary/aromatic N) is 1. The van der Waals surface area contributed by atoms with E-state index in [0.717, 1.165) is 13.0 Å². The van der Waals surface area contributed by atoms with Crippen molar-refractivity contribution in [2.45, 2.75) is 53.0 Å². The number of likely N-dealkylation sites (tertiary alicyclic amines) is 1. The monoisotopic (exact) mass is 209 g/mol. The minimum atomic E-state index is -0.264. The molecular weight excluding hydrogens is 186 g/mol. The van der Waals surface area contributed by atoms with E-state index < -0.39 is 0 Å². The predicted molar refractivity (Wildman–Crippen MR) is 63.6 cm³/mol. The van der Waals surface area contributed by atoms with E-state index in [1.54, 1.807) is 0 Å². The van der Waals surface area contributed by atoms with E-state index in [1.165, 1.54) is 12.8 Å². The summed E-state index contributed by atoms with van der Waals surface area (Å²) in [6, 6.07) is 0.481. The zero-order chi connectivity index (χ0) is 11.6. The lowest BCUT2D eigenvalue weighted by molar-refractivity contribution is -0.125. The van der Waals surface area contributed by atoms with Gasteiger partial charge in [-0.3, -0.25) is 4.79 Å². The Morgan fingerprint density at radius 3 is 2.53 bits per heavy atom. The highest BCUT2D eigenvalue weighted by Gasteiger charge is 2.32. The van der Waals surface area contributed by atoms with E-state index in [-0.39, 0.29) is 11.2 Å². The molecule has 15 heavy (non-hydrogen) atoms. The number of hydrogen-bond donors (Lipinski definition) is 0. The standard InChI is InChI=1S/C13H23NO/c1-6-13(4,5)12(15)11(3)14-9-7-8-10(14)2/h10H,3,6-9H2,1-2,4-5H3. The Labute approximate surface area is 93.3 Å². The first-order valence-electron chi connectivity index (χ1n) is 5.90. The van der Waals surface area contributed by atoms with Crippen LogP contribution in [0.1, 0.15) is 47.0 Å². The van der Waals surface area contributed by atoms with Crippen LogP contribution in [0.3, 0.4) is 0 Å². The van der Waals surface area contributed by atoms with Crippen molar-refractivity contribution >= 4 is 5.78 Å². The summed E-state index contributed by atoms with van der Waals surface area (Å²) in [5.74, 6) is 0.207. The van der Waals surface area contributed by atoms with Gasteiger partial charge in [0.15, 0.2) is 5.78 Å². The van der Waals surface area contributed by atoms with E-state index >= 15 is 0 Å². The van der Waals surface area contributed by atoms with E-state index in [2.05, 4.69) is 25.3 Å². The lowest BCUT2D eigenvalue weighted by Gasteiger charge is -2.30. The van der Waals surface area contributed by atoms with Gasteiger partial charge in [0.05, 0.1) is 5.70 Å². The normalized spacial score (nSPS) is 21.9. The number of Topliss-reactive ketones (excluding diaryl/α,β-unsaturated/α-hetero) is 1. The van der Waals surface area contributed by atoms with Gasteiger partial charge in [-0.15, -0.1) is 0 Å². The second kappa shape index (κ2) is 4.38. The van der Waals surface area contributed by atoms with Crippen LogP contribution in [0.25, 0.3) is 0 Å². The Bertz CT molecular complexity index is 268. The first-order valence-corrected chi connectivity index (χ1v) is 5.90. The van der Waals surface area contributed by atoms with Crippen molar-refractivity contribution in [2.24, 2.45) is 5.41 Å². The quantitative estimate of drug-likeness (QED) is 0.663. The molecule has 0 aromatic carbocycles. The lowest BCUT2D eigenvalue weighted by atomic mass is 9.83. The third kappa shape index (κ3) is 2.42. The number of carbonyl (C=O) groups excluding carboxylic acids is 1. The average molecular weight is 209 g/mol. The van der Waals surface area contributed by atoms with Crippen LogP contribution in [0.4, 0.5) is 0 Å². The Hall–Kier alpha value is -0.790. The largest absolute Gasteiger partial charge is 0.366 e. The van der Waals surface area contributed by atoms with Crippen LogP contribution in [0.2, 0.25) is 0 Å². The summed E-state index contributed by atoms with van der Waals surface area (Å²) in [5, 5.41) is 0. The second-order valence-corrected chi connectivity index (χ2v) is 5.20. The van der Waals surface area contributed by atoms with Crippen molar-refractivity contribution < 1.29 is 4.79 Å². The molecule has 0 aromatic heterocycles. The Kier molecular flexibility index (Phi) is 3.58. The van der Waals surface area contributed by atoms with Crippen molar-refractivity contribution in [3.8, 4) is 0 Å². The van der Waals surface area contributed by atoms with E-state index in [0.29, 0.717) is 11.7 Å². The molecule has 0 radical (unpaired) electrons. The number of ketones is 1. The van der Waals surface area contributed by atoms with Gasteiger partial charge in [0.2, 0.25) is 0 Å². The van der Waals surface area contributed by atoms with Crippen molar-refractivity contribution in [1.29, 1.82) is 0 Å². The number of hydrogen-bond acceptors (Lipinski definition) is 2. The predicted octanol–water partition coefficient (Wildman–Crippen LogP) is 2.99. The molecule has 2 heteroatoms. The van der Waals surface area contributed by atoms with Crippen molar-refractivity contribution in [3.05, 3.63) is 12.3 Å². The molecule has 2 nitrogen and oxygen atoms in total. The van der Waals surface area contributed by atoms with Gasteiger partial charge in [0, 0.05) is 18.0 Å². The van der Waals surface area contributed by atoms with Crippen LogP contribution in [0, 0.1) is 5.41 Å². The van der Waals surface area contributed by atoms with Crippen molar-refractivity contribution in [3.63, 3.8) is 0 Å². The third-order valence-corrected chi connectivity index (χ3v) is 3.66. The first kappa shape index (κ1) is 12.3. The molecule has 1 heterocycles. The Balaban J connectivity index is 2.72. The highest BCUT2D eigenvalue weighted by molar-refractivity contribution is 5.98. The third-order valence-electron chi connectivity index (χ3n) is 3.66. The molecule has 0 spiro atoms. The molecule has 0 N–H and O–H groups in total. The summed E-state index contributed by atoms with van der Waals surface area (Å²) in [5.41, 5.74) is 0.450. The topological polar surface area (TPSA) is 20.3 Å². The van der Waals surface area contributed by atoms with Gasteiger partial charge in [-0.25, -0.2) is 0 Å². The van der Waals surface area contributed by atoms with Crippen molar-refractivity contribution in [1.82, 2.24) is 4.90 Å². The van der Waals surface area contributed by atoms with Crippen LogP contribution in [-0.4, -0.2) is 23.3 Å². The molecular formula is C13H23NO. The number of allylic oxidation sites excluding steroid dienone is 1. The van der Waals surface area contributed by atoms with Gasteiger partial charge < -0.3 is 4.90 Å². The molecule has 1 fully saturated rings. The van der Waals surface area contributed by atoms with Gasteiger partial charge in [0.25, 0.3) is 0 Å². The minimum absolute atomic E-state index is 0.207. The lowest BCUT2D eigenvalue weighted by Crippen LogP contribution is -2.35. The summed E-state index contributed by atoms with van der Waals surface area (Å²) in [6.45, 7) is 13.2. The van der Waals surface area contributed by atoms with E-state index in [9.17, 15) is 4.79 Å². The number of carbonyl (C=O) groups is 1. The minimum Gasteiger partial charge on any atom is -0.366 e. The fourth-order valence-corrected chi connectivity index (χ4v) is 2.02. The smallest absolute Gasteiger partial charge is 0.183 e. The number of rotatable bonds is 4. The van der Waals surface area contributed by atoms with Gasteiger partial charge in [-0.1, -0.05) is 27.4 Å². The maximum atomic E-state index is 12.2. The van der Waals surface area contributed by atoms with Gasteiger partial charge in [0.1, 0.15) is 0 Å². The molecule has 1 rings (SSSR count). The van der Waals surface area contributed by atoms with Gasteiger partial charge >= 0.3 is 0 Å². The first-order chi connectivity index (χ1) is 6.90. The molecule has 1 unspecified atom stereocenters. The molecule has 0 aromatic rings. The molecule has 0 aliphatic carbocycles. The average Bonchev–Trinajstić information content (AvgIpc) is 2.62. The summed E-state index contributed by atoms with van der Waals surface area (Å²) in [6.07, 6.45) is 3.23. The van der Waals surface area contributed by atoms with Gasteiger partial charge in [-0.2, -0.15) is 0 Å². The molecule has 0 saturated carbocycles. The molecule has 0 bridgehead atoms. The fourth-order valence-electron chi connectivity index (χ4n) is 2.02. The van der Waals surface area contributed by atoms with Crippen LogP contribution in [0.5, 0.6) is 0 Å². The van der Waals surface area contributed by atoms with Crippen LogP contribution in [-0.2, 0) is 4.79 Å². The summed E-state index contributed by atoms with van der Waals surface area (Å²) in [4.78, 5) is 14.4. The molecule has 1 aliphatic heterocycles. The van der Waals surface area contributed by atoms with Crippen LogP contribution in [0.15, 0.2) is 12.3 Å². The molecule has 0 amide bonds. The zero-order valence-electron chi connectivity index (χ0n) is 10.5. The van der Waals surface area contributed by atoms with E-state index in [4.69, 9.17) is 0 Å². The highest BCUT2D eigenvalue weighted by Crippen LogP contribution is 2.29. The molecule has 86 valence electrons.